The molecule has 5 aliphatic heterocycles. The van der Waals surface area contributed by atoms with Crippen molar-refractivity contribution in [3.05, 3.63) is 0 Å². The highest BCUT2D eigenvalue weighted by Crippen LogP contribution is 2.38. The molecule has 348 valence electrons. The molecule has 0 saturated carbocycles. The van der Waals surface area contributed by atoms with Gasteiger partial charge in [0.15, 0.2) is 43.7 Å². The van der Waals surface area contributed by atoms with Crippen LogP contribution in [-0.4, -0.2) is 235 Å². The minimum Gasteiger partial charge on any atom is -0.479 e. The third-order valence-corrected chi connectivity index (χ3v) is 11.1. The van der Waals surface area contributed by atoms with Crippen LogP contribution >= 0.6 is 0 Å². The van der Waals surface area contributed by atoms with Crippen molar-refractivity contribution in [1.82, 2.24) is 0 Å². The summed E-state index contributed by atoms with van der Waals surface area (Å²) in [5.41, 5.74) is 0. The lowest BCUT2D eigenvalue weighted by molar-refractivity contribution is -0.404. The van der Waals surface area contributed by atoms with Crippen LogP contribution in [0.4, 0.5) is 0 Å². The van der Waals surface area contributed by atoms with Gasteiger partial charge in [-0.25, -0.2) is 8.98 Å². The summed E-state index contributed by atoms with van der Waals surface area (Å²) < 4.78 is 92.9. The van der Waals surface area contributed by atoms with Gasteiger partial charge >= 0.3 is 22.3 Å². The monoisotopic (exact) mass is 900 g/mol. The normalized spacial score (nSPS) is 50.5. The van der Waals surface area contributed by atoms with Crippen molar-refractivity contribution in [2.75, 3.05) is 0 Å². The van der Waals surface area contributed by atoms with Gasteiger partial charge in [0.2, 0.25) is 0 Å². The van der Waals surface area contributed by atoms with Crippen LogP contribution in [0.3, 0.4) is 0 Å². The fraction of sp³-hybridized carbons (Fsp3) is 0.938. The van der Waals surface area contributed by atoms with Crippen LogP contribution < -0.4 is 0 Å². The van der Waals surface area contributed by atoms with E-state index in [0.717, 1.165) is 6.92 Å². The predicted molar refractivity (Wildman–Crippen MR) is 181 cm³/mol. The number of aliphatic hydroxyl groups is 10. The van der Waals surface area contributed by atoms with Crippen LogP contribution in [0.1, 0.15) is 34.6 Å². The molecule has 0 amide bonds. The highest BCUT2D eigenvalue weighted by molar-refractivity contribution is 7.80. The van der Waals surface area contributed by atoms with E-state index in [1.807, 2.05) is 0 Å². The zero-order valence-electron chi connectivity index (χ0n) is 32.3. The molecule has 0 aromatic carbocycles. The van der Waals surface area contributed by atoms with Gasteiger partial charge in [-0.15, -0.1) is 0 Å². The molecule has 0 aromatic heterocycles. The number of carboxylic acid groups (broad SMARTS) is 1. The molecule has 25 atom stereocenters. The van der Waals surface area contributed by atoms with Crippen molar-refractivity contribution in [2.45, 2.75) is 188 Å². The molecule has 5 fully saturated rings. The Morgan fingerprint density at radius 3 is 1.50 bits per heavy atom. The van der Waals surface area contributed by atoms with Gasteiger partial charge in [0, 0.05) is 6.92 Å². The summed E-state index contributed by atoms with van der Waals surface area (Å²) in [4.78, 5) is 24.4. The second kappa shape index (κ2) is 19.4. The highest BCUT2D eigenvalue weighted by Gasteiger charge is 2.58. The Morgan fingerprint density at radius 1 is 0.467 bits per heavy atom. The fourth-order valence-corrected chi connectivity index (χ4v) is 7.91. The van der Waals surface area contributed by atoms with Crippen molar-refractivity contribution < 1.29 is 130 Å². The van der Waals surface area contributed by atoms with Gasteiger partial charge in [-0.3, -0.25) is 9.35 Å². The number of carbonyl (C=O) groups is 2. The second-order valence-corrected chi connectivity index (χ2v) is 16.1. The van der Waals surface area contributed by atoms with Crippen molar-refractivity contribution in [3.8, 4) is 0 Å². The second-order valence-electron chi connectivity index (χ2n) is 15.0. The van der Waals surface area contributed by atoms with Crippen LogP contribution in [0.15, 0.2) is 0 Å². The predicted octanol–water partition coefficient (Wildman–Crippen LogP) is -7.32. The van der Waals surface area contributed by atoms with Crippen LogP contribution in [0, 0.1) is 0 Å². The number of hydrogen-bond acceptors (Lipinski definition) is 25. The van der Waals surface area contributed by atoms with Gasteiger partial charge in [-0.1, -0.05) is 0 Å². The number of rotatable bonds is 12. The first-order valence-corrected chi connectivity index (χ1v) is 19.9. The number of carboxylic acids is 1. The molecule has 0 aromatic rings. The quantitative estimate of drug-likeness (QED) is 0.0639. The summed E-state index contributed by atoms with van der Waals surface area (Å²) in [6, 6.07) is 0. The number of hydrogen-bond donors (Lipinski definition) is 12. The van der Waals surface area contributed by atoms with Gasteiger partial charge < -0.3 is 104 Å². The Hall–Kier alpha value is -1.95. The smallest absolute Gasteiger partial charge is 0.397 e. The minimum atomic E-state index is -5.15. The van der Waals surface area contributed by atoms with E-state index in [-0.39, 0.29) is 0 Å². The Labute approximate surface area is 340 Å². The number of aliphatic carboxylic acids is 1. The van der Waals surface area contributed by atoms with Crippen molar-refractivity contribution >= 4 is 22.3 Å². The van der Waals surface area contributed by atoms with Crippen molar-refractivity contribution in [1.29, 1.82) is 0 Å². The molecule has 5 saturated heterocycles. The van der Waals surface area contributed by atoms with E-state index in [4.69, 9.17) is 51.9 Å². The maximum Gasteiger partial charge on any atom is 0.397 e. The van der Waals surface area contributed by atoms with E-state index < -0.39 is 176 Å². The lowest BCUT2D eigenvalue weighted by Gasteiger charge is -2.51. The molecule has 12 N–H and O–H groups in total. The SMILES string of the molecule is CC(=O)O[C@H]1[C@@H](O[C@@H]2O[C@@H](C)[C@@H](O)[C@@H](O[C@@H]3O[C@@H](C)[C@@H](OS(=O)(=O)O)[C@@H](O)[C@@H]3O)[C@@H]2O)[C@H](O[C@H]2O[C@H](C(=O)O)[C@@H](O)[C@H](O)[C@H]2O)[C@H](O[C@@H]2[C@H](O)[C@H](C)OC(O)[C@H]2O)O[C@H]1C. The van der Waals surface area contributed by atoms with E-state index >= 15 is 0 Å². The van der Waals surface area contributed by atoms with Gasteiger partial charge in [-0.05, 0) is 27.7 Å². The minimum absolute atomic E-state index is 0.963. The molecule has 27 nitrogen and oxygen atoms in total. The Kier molecular flexibility index (Phi) is 15.9. The lowest BCUT2D eigenvalue weighted by atomic mass is 9.95. The summed E-state index contributed by atoms with van der Waals surface area (Å²) in [6.45, 7) is 6.07. The molecule has 1 unspecified atom stereocenters. The molecule has 0 spiro atoms. The van der Waals surface area contributed by atoms with E-state index in [0.29, 0.717) is 0 Å². The maximum atomic E-state index is 12.5. The number of aliphatic hydroxyl groups excluding tert-OH is 10. The first-order valence-electron chi connectivity index (χ1n) is 18.6. The van der Waals surface area contributed by atoms with Crippen LogP contribution in [0.2, 0.25) is 0 Å². The standard InChI is InChI=1S/C32H52O27S/c1-6-11(34)22(18(41)28(45)49-6)55-32-26(58-30-16(39)13(36)14(37)24(56-30)27(43)44)25(21(9(4)52-32)53-10(5)33)57-31-19(42)23(12(35)7(2)50-31)54-29-17(40)15(38)20(8(3)51-29)59-60(46,47)48/h6-9,11-26,28-32,34-42,45H,1-5H3,(H,43,44)(H,46,47,48)/t6-,7-,8-,9-,11+,12+,13-,14-,15-,16+,17-,18-,19-,20+,21+,22+,23+,24-,25+,26-,28?,29-,30+,31-,32-/m0/s1. The third kappa shape index (κ3) is 10.5. The van der Waals surface area contributed by atoms with Gasteiger partial charge in [0.25, 0.3) is 0 Å². The first kappa shape index (κ1) is 49.1. The number of esters is 1. The summed E-state index contributed by atoms with van der Waals surface area (Å²) >= 11 is 0. The van der Waals surface area contributed by atoms with E-state index in [9.17, 15) is 74.2 Å². The molecular formula is C32H52O27S. The zero-order chi connectivity index (χ0) is 44.9. The average molecular weight is 901 g/mol. The Bertz CT molecular complexity index is 1560. The molecule has 0 aliphatic carbocycles. The molecule has 5 rings (SSSR count). The third-order valence-electron chi connectivity index (χ3n) is 10.6. The topological polar surface area (TPSA) is 413 Å². The molecule has 0 bridgehead atoms. The van der Waals surface area contributed by atoms with Crippen molar-refractivity contribution in [2.24, 2.45) is 0 Å². The lowest BCUT2D eigenvalue weighted by Crippen LogP contribution is -2.68. The first-order chi connectivity index (χ1) is 27.8. The van der Waals surface area contributed by atoms with Crippen LogP contribution in [-0.2, 0) is 71.5 Å². The van der Waals surface area contributed by atoms with Crippen LogP contribution in [0.25, 0.3) is 0 Å². The molecule has 28 heteroatoms. The molecule has 5 aliphatic rings. The fourth-order valence-electron chi connectivity index (χ4n) is 7.35. The molecule has 5 heterocycles. The summed E-state index contributed by atoms with van der Waals surface area (Å²) in [5, 5.41) is 117. The van der Waals surface area contributed by atoms with Crippen LogP contribution in [0.5, 0.6) is 0 Å². The largest absolute Gasteiger partial charge is 0.479 e. The molecular weight excluding hydrogens is 848 g/mol. The molecule has 0 radical (unpaired) electrons. The van der Waals surface area contributed by atoms with Gasteiger partial charge in [0.1, 0.15) is 85.5 Å². The molecule has 60 heavy (non-hydrogen) atoms. The summed E-state index contributed by atoms with van der Waals surface area (Å²) in [6.07, 6.45) is -46.9. The van der Waals surface area contributed by atoms with Gasteiger partial charge in [-0.2, -0.15) is 8.42 Å². The summed E-state index contributed by atoms with van der Waals surface area (Å²) in [7, 11) is -5.15. The van der Waals surface area contributed by atoms with Crippen molar-refractivity contribution in [3.63, 3.8) is 0 Å². The maximum absolute atomic E-state index is 12.5. The van der Waals surface area contributed by atoms with E-state index in [1.165, 1.54) is 27.7 Å². The number of ether oxygens (including phenoxy) is 10. The van der Waals surface area contributed by atoms with Gasteiger partial charge in [0.05, 0.1) is 24.4 Å². The average Bonchev–Trinajstić information content (AvgIpc) is 3.15. The number of carbonyl (C=O) groups excluding carboxylic acids is 1. The Balaban J connectivity index is 1.50. The summed E-state index contributed by atoms with van der Waals surface area (Å²) in [5.74, 6) is -2.77. The van der Waals surface area contributed by atoms with E-state index in [2.05, 4.69) is 4.18 Å². The Morgan fingerprint density at radius 2 is 0.917 bits per heavy atom. The van der Waals surface area contributed by atoms with E-state index in [1.54, 1.807) is 0 Å². The highest BCUT2D eigenvalue weighted by atomic mass is 32.3. The zero-order valence-corrected chi connectivity index (χ0v) is 33.1.